The number of pyridine rings is 1. The first-order chi connectivity index (χ1) is 5.79. The zero-order chi connectivity index (χ0) is 8.81. The summed E-state index contributed by atoms with van der Waals surface area (Å²) in [4.78, 5) is 13.9. The van der Waals surface area contributed by atoms with Crippen LogP contribution in [-0.2, 0) is 16.1 Å². The molecule has 1 rings (SSSR count). The number of carboxylic acids is 1. The number of halogens is 1. The quantitative estimate of drug-likeness (QED) is 0.791. The van der Waals surface area contributed by atoms with E-state index in [1.165, 1.54) is 0 Å². The summed E-state index contributed by atoms with van der Waals surface area (Å²) in [6.07, 6.45) is 3.28. The van der Waals surface area contributed by atoms with Crippen LogP contribution in [0.25, 0.3) is 0 Å². The van der Waals surface area contributed by atoms with Gasteiger partial charge in [0.05, 0.1) is 6.61 Å². The third-order valence-electron chi connectivity index (χ3n) is 1.24. The number of hydrogen-bond acceptors (Lipinski definition) is 3. The first-order valence-corrected chi connectivity index (χ1v) is 3.47. The number of aliphatic carboxylic acids is 1. The molecule has 5 nitrogen and oxygen atoms in total. The summed E-state index contributed by atoms with van der Waals surface area (Å²) >= 11 is 0. The summed E-state index contributed by atoms with van der Waals surface area (Å²) in [5, 5.41) is 8.25. The molecule has 0 saturated heterocycles. The van der Waals surface area contributed by atoms with Crippen LogP contribution in [0.3, 0.4) is 0 Å². The second-order valence-corrected chi connectivity index (χ2v) is 2.24. The Kier molecular flexibility index (Phi) is 9.22. The highest BCUT2D eigenvalue weighted by Gasteiger charge is 1.96. The lowest BCUT2D eigenvalue weighted by molar-refractivity contribution is -0.142. The number of rotatable bonds is 4. The van der Waals surface area contributed by atoms with Crippen molar-refractivity contribution in [2.75, 3.05) is 6.61 Å². The average molecular weight is 222 g/mol. The van der Waals surface area contributed by atoms with E-state index in [2.05, 4.69) is 4.98 Å². The summed E-state index contributed by atoms with van der Waals surface area (Å²) in [7, 11) is 0. The first kappa shape index (κ1) is 15.3. The SMILES string of the molecule is Cl.O.O=C(O)COCc1ccncc1. The molecular formula is C8H12ClNO4. The van der Waals surface area contributed by atoms with Crippen molar-refractivity contribution in [3.63, 3.8) is 0 Å². The van der Waals surface area contributed by atoms with Gasteiger partial charge in [0.2, 0.25) is 0 Å². The third-order valence-corrected chi connectivity index (χ3v) is 1.24. The maximum absolute atomic E-state index is 10.1. The number of aromatic nitrogens is 1. The van der Waals surface area contributed by atoms with Crippen molar-refractivity contribution in [2.45, 2.75) is 6.61 Å². The molecule has 0 fully saturated rings. The molecule has 3 N–H and O–H groups in total. The van der Waals surface area contributed by atoms with Crippen molar-refractivity contribution in [3.8, 4) is 0 Å². The summed E-state index contributed by atoms with van der Waals surface area (Å²) in [5.74, 6) is -0.955. The fourth-order valence-electron chi connectivity index (χ4n) is 0.735. The van der Waals surface area contributed by atoms with Gasteiger partial charge in [-0.05, 0) is 17.7 Å². The molecule has 0 aliphatic rings. The van der Waals surface area contributed by atoms with Gasteiger partial charge in [0, 0.05) is 12.4 Å². The third kappa shape index (κ3) is 6.36. The summed E-state index contributed by atoms with van der Waals surface area (Å²) in [5.41, 5.74) is 0.922. The Morgan fingerprint density at radius 2 is 2.00 bits per heavy atom. The van der Waals surface area contributed by atoms with Gasteiger partial charge in [-0.3, -0.25) is 4.98 Å². The smallest absolute Gasteiger partial charge is 0.329 e. The van der Waals surface area contributed by atoms with Crippen LogP contribution < -0.4 is 0 Å². The van der Waals surface area contributed by atoms with Gasteiger partial charge in [-0.2, -0.15) is 0 Å². The van der Waals surface area contributed by atoms with Gasteiger partial charge in [-0.1, -0.05) is 0 Å². The minimum absolute atomic E-state index is 0. The molecule has 80 valence electrons. The van der Waals surface area contributed by atoms with E-state index in [1.807, 2.05) is 0 Å². The molecule has 0 radical (unpaired) electrons. The van der Waals surface area contributed by atoms with Gasteiger partial charge in [0.25, 0.3) is 0 Å². The second-order valence-electron chi connectivity index (χ2n) is 2.24. The highest BCUT2D eigenvalue weighted by Crippen LogP contribution is 1.97. The van der Waals surface area contributed by atoms with Gasteiger partial charge in [0.15, 0.2) is 0 Å². The Morgan fingerprint density at radius 3 is 2.50 bits per heavy atom. The van der Waals surface area contributed by atoms with E-state index >= 15 is 0 Å². The van der Waals surface area contributed by atoms with Crippen molar-refractivity contribution in [3.05, 3.63) is 30.1 Å². The predicted octanol–water partition coefficient (Wildman–Crippen LogP) is 0.280. The van der Waals surface area contributed by atoms with Gasteiger partial charge in [-0.15, -0.1) is 12.4 Å². The van der Waals surface area contributed by atoms with E-state index in [4.69, 9.17) is 9.84 Å². The molecule has 0 unspecified atom stereocenters. The molecule has 0 aliphatic carbocycles. The van der Waals surface area contributed by atoms with E-state index < -0.39 is 5.97 Å². The summed E-state index contributed by atoms with van der Waals surface area (Å²) in [6, 6.07) is 3.56. The van der Waals surface area contributed by atoms with Gasteiger partial charge in [0.1, 0.15) is 6.61 Å². The molecule has 1 aromatic heterocycles. The van der Waals surface area contributed by atoms with Crippen LogP contribution in [0, 0.1) is 0 Å². The summed E-state index contributed by atoms with van der Waals surface area (Å²) < 4.78 is 4.85. The van der Waals surface area contributed by atoms with Crippen LogP contribution in [0.1, 0.15) is 5.56 Å². The van der Waals surface area contributed by atoms with E-state index in [0.717, 1.165) is 5.56 Å². The minimum Gasteiger partial charge on any atom is -0.480 e. The van der Waals surface area contributed by atoms with Crippen LogP contribution in [0.15, 0.2) is 24.5 Å². The Balaban J connectivity index is 0. The van der Waals surface area contributed by atoms with Crippen molar-refractivity contribution < 1.29 is 20.1 Å². The lowest BCUT2D eigenvalue weighted by Crippen LogP contribution is -2.06. The Hall–Kier alpha value is -1.17. The molecule has 0 aliphatic heterocycles. The molecule has 0 bridgehead atoms. The molecular weight excluding hydrogens is 210 g/mol. The lowest BCUT2D eigenvalue weighted by atomic mass is 10.3. The van der Waals surface area contributed by atoms with E-state index in [-0.39, 0.29) is 24.5 Å². The van der Waals surface area contributed by atoms with Crippen molar-refractivity contribution in [2.24, 2.45) is 0 Å². The number of carboxylic acid groups (broad SMARTS) is 1. The number of ether oxygens (including phenoxy) is 1. The van der Waals surface area contributed by atoms with E-state index in [1.54, 1.807) is 24.5 Å². The van der Waals surface area contributed by atoms with Crippen LogP contribution in [0.5, 0.6) is 0 Å². The molecule has 1 heterocycles. The number of carbonyl (C=O) groups is 1. The highest BCUT2D eigenvalue weighted by molar-refractivity contribution is 5.85. The van der Waals surface area contributed by atoms with Gasteiger partial charge in [-0.25, -0.2) is 4.79 Å². The Bertz CT molecular complexity index is 255. The Labute approximate surface area is 87.4 Å². The molecule has 0 saturated carbocycles. The summed E-state index contributed by atoms with van der Waals surface area (Å²) in [6.45, 7) is 0.0527. The predicted molar refractivity (Wildman–Crippen MR) is 52.4 cm³/mol. The Morgan fingerprint density at radius 1 is 1.43 bits per heavy atom. The van der Waals surface area contributed by atoms with Crippen LogP contribution in [-0.4, -0.2) is 28.1 Å². The van der Waals surface area contributed by atoms with Crippen molar-refractivity contribution in [1.82, 2.24) is 4.98 Å². The minimum atomic E-state index is -0.955. The molecule has 0 atom stereocenters. The van der Waals surface area contributed by atoms with Crippen LogP contribution in [0.4, 0.5) is 0 Å². The fourth-order valence-corrected chi connectivity index (χ4v) is 0.735. The molecule has 0 amide bonds. The number of hydrogen-bond donors (Lipinski definition) is 1. The first-order valence-electron chi connectivity index (χ1n) is 3.47. The fraction of sp³-hybridized carbons (Fsp3) is 0.250. The maximum Gasteiger partial charge on any atom is 0.329 e. The normalized spacial score (nSPS) is 8.29. The van der Waals surface area contributed by atoms with Crippen LogP contribution in [0.2, 0.25) is 0 Å². The second kappa shape index (κ2) is 8.43. The van der Waals surface area contributed by atoms with Crippen LogP contribution >= 0.6 is 12.4 Å². The molecule has 0 spiro atoms. The van der Waals surface area contributed by atoms with Crippen molar-refractivity contribution in [1.29, 1.82) is 0 Å². The van der Waals surface area contributed by atoms with Gasteiger partial charge < -0.3 is 15.3 Å². The van der Waals surface area contributed by atoms with Gasteiger partial charge >= 0.3 is 5.97 Å². The molecule has 14 heavy (non-hydrogen) atoms. The number of nitrogens with zero attached hydrogens (tertiary/aromatic N) is 1. The van der Waals surface area contributed by atoms with E-state index in [0.29, 0.717) is 6.61 Å². The monoisotopic (exact) mass is 221 g/mol. The molecule has 6 heteroatoms. The molecule has 0 aromatic carbocycles. The highest BCUT2D eigenvalue weighted by atomic mass is 35.5. The lowest BCUT2D eigenvalue weighted by Gasteiger charge is -1.99. The van der Waals surface area contributed by atoms with Crippen molar-refractivity contribution >= 4 is 18.4 Å². The average Bonchev–Trinajstić information content (AvgIpc) is 2.05. The topological polar surface area (TPSA) is 90.9 Å². The largest absolute Gasteiger partial charge is 0.480 e. The molecule has 1 aromatic rings. The maximum atomic E-state index is 10.1. The zero-order valence-electron chi connectivity index (χ0n) is 7.34. The van der Waals surface area contributed by atoms with E-state index in [9.17, 15) is 4.79 Å². The zero-order valence-corrected chi connectivity index (χ0v) is 8.16. The standard InChI is InChI=1S/C8H9NO3.ClH.H2O/c10-8(11)6-12-5-7-1-3-9-4-2-7;;/h1-4H,5-6H2,(H,10,11);1H;1H2.